The van der Waals surface area contributed by atoms with E-state index >= 15 is 0 Å². The van der Waals surface area contributed by atoms with Gasteiger partial charge in [-0.1, -0.05) is 24.3 Å². The van der Waals surface area contributed by atoms with Crippen molar-refractivity contribution in [3.05, 3.63) is 36.2 Å². The number of aromatic nitrogens is 4. The molecule has 0 bridgehead atoms. The third-order valence-electron chi connectivity index (χ3n) is 4.35. The molecule has 0 unspecified atom stereocenters. The van der Waals surface area contributed by atoms with Crippen molar-refractivity contribution in [1.82, 2.24) is 25.5 Å². The van der Waals surface area contributed by atoms with E-state index in [9.17, 15) is 19.2 Å². The molecule has 0 saturated carbocycles. The number of hydrogen-bond donors (Lipinski definition) is 0. The first-order valence-electron chi connectivity index (χ1n) is 9.21. The predicted molar refractivity (Wildman–Crippen MR) is 97.4 cm³/mol. The lowest BCUT2D eigenvalue weighted by molar-refractivity contribution is -0.197. The molecule has 1 aliphatic heterocycles. The quantitative estimate of drug-likeness (QED) is 0.573. The summed E-state index contributed by atoms with van der Waals surface area (Å²) in [6.45, 7) is 0. The fourth-order valence-electron chi connectivity index (χ4n) is 2.78. The normalized spacial score (nSPS) is 13.6. The average Bonchev–Trinajstić information content (AvgIpc) is 3.05. The number of Topliss-reactive ketones (excluding diaryl/α,β-unsaturated/α-hetero) is 1. The van der Waals surface area contributed by atoms with E-state index in [1.807, 2.05) is 24.3 Å². The molecule has 1 aromatic carbocycles. The highest BCUT2D eigenvalue weighted by atomic mass is 16.7. The van der Waals surface area contributed by atoms with Gasteiger partial charge < -0.3 is 4.84 Å². The molecule has 0 spiro atoms. The Labute approximate surface area is 166 Å². The number of benzene rings is 1. The largest absolute Gasteiger partial charge is 0.333 e. The van der Waals surface area contributed by atoms with Crippen molar-refractivity contribution >= 4 is 23.6 Å². The van der Waals surface area contributed by atoms with Gasteiger partial charge in [0.25, 0.3) is 11.8 Å². The highest BCUT2D eigenvalue weighted by Crippen LogP contribution is 2.16. The molecule has 3 rings (SSSR count). The number of carbonyl (C=O) groups excluding carboxylic acids is 4. The molecule has 29 heavy (non-hydrogen) atoms. The summed E-state index contributed by atoms with van der Waals surface area (Å²) in [6, 6.07) is 7.46. The van der Waals surface area contributed by atoms with E-state index in [4.69, 9.17) is 4.84 Å². The van der Waals surface area contributed by atoms with Crippen LogP contribution in [0.2, 0.25) is 0 Å². The summed E-state index contributed by atoms with van der Waals surface area (Å²) in [5, 5.41) is 15.7. The maximum Gasteiger partial charge on any atom is 0.333 e. The van der Waals surface area contributed by atoms with E-state index in [1.165, 1.54) is 6.33 Å². The number of hydroxylamine groups is 2. The molecule has 0 N–H and O–H groups in total. The van der Waals surface area contributed by atoms with Crippen LogP contribution >= 0.6 is 0 Å². The summed E-state index contributed by atoms with van der Waals surface area (Å²) in [7, 11) is 0. The molecule has 2 amide bonds. The Hall–Kier alpha value is -3.56. The molecule has 2 aromatic rings. The van der Waals surface area contributed by atoms with Gasteiger partial charge in [0.15, 0.2) is 6.33 Å². The van der Waals surface area contributed by atoms with Crippen molar-refractivity contribution in [2.45, 2.75) is 44.9 Å². The van der Waals surface area contributed by atoms with Gasteiger partial charge in [-0.25, -0.2) is 4.79 Å². The van der Waals surface area contributed by atoms with Crippen LogP contribution in [0.15, 0.2) is 30.6 Å². The predicted octanol–water partition coefficient (Wildman–Crippen LogP) is 1.21. The van der Waals surface area contributed by atoms with Gasteiger partial charge in [-0.05, 0) is 18.4 Å². The maximum absolute atomic E-state index is 12.0. The SMILES string of the molecule is O=C(CCCC(=O)ON1C(=O)CCC1=O)CCc1ccc(-c2nncnn2)cc1. The minimum atomic E-state index is -0.691. The van der Waals surface area contributed by atoms with Gasteiger partial charge in [0.1, 0.15) is 5.78 Å². The number of aryl methyl sites for hydroxylation is 1. The van der Waals surface area contributed by atoms with Gasteiger partial charge in [0.05, 0.1) is 0 Å². The summed E-state index contributed by atoms with van der Waals surface area (Å²) in [6.07, 6.45) is 2.79. The van der Waals surface area contributed by atoms with Gasteiger partial charge in [-0.3, -0.25) is 14.4 Å². The lowest BCUT2D eigenvalue weighted by Crippen LogP contribution is -2.32. The zero-order valence-electron chi connectivity index (χ0n) is 15.6. The van der Waals surface area contributed by atoms with Crippen LogP contribution in [-0.4, -0.2) is 49.0 Å². The fourth-order valence-corrected chi connectivity index (χ4v) is 2.78. The van der Waals surface area contributed by atoms with E-state index in [1.54, 1.807) is 0 Å². The molecular weight excluding hydrogens is 378 g/mol. The van der Waals surface area contributed by atoms with Crippen LogP contribution in [0.3, 0.4) is 0 Å². The summed E-state index contributed by atoms with van der Waals surface area (Å²) in [5.74, 6) is -1.27. The molecule has 150 valence electrons. The smallest absolute Gasteiger partial charge is 0.330 e. The first kappa shape index (κ1) is 20.2. The van der Waals surface area contributed by atoms with Crippen LogP contribution in [-0.2, 0) is 30.4 Å². The Kier molecular flexibility index (Phi) is 6.67. The maximum atomic E-state index is 12.0. The molecule has 10 nitrogen and oxygen atoms in total. The Morgan fingerprint density at radius 3 is 2.24 bits per heavy atom. The number of hydrogen-bond acceptors (Lipinski definition) is 9. The van der Waals surface area contributed by atoms with Crippen molar-refractivity contribution in [3.63, 3.8) is 0 Å². The highest BCUT2D eigenvalue weighted by Gasteiger charge is 2.32. The van der Waals surface area contributed by atoms with Gasteiger partial charge in [0.2, 0.25) is 5.82 Å². The first-order chi connectivity index (χ1) is 14.0. The standard InChI is InChI=1S/C19H19N5O5/c25-15(2-1-3-18(28)29-24-16(26)10-11-17(24)27)9-6-13-4-7-14(8-5-13)19-22-20-12-21-23-19/h4-5,7-8,12H,1-3,6,9-11H2. The van der Waals surface area contributed by atoms with Crippen molar-refractivity contribution in [1.29, 1.82) is 0 Å². The van der Waals surface area contributed by atoms with E-state index in [2.05, 4.69) is 20.4 Å². The van der Waals surface area contributed by atoms with Crippen LogP contribution in [0.5, 0.6) is 0 Å². The topological polar surface area (TPSA) is 132 Å². The molecule has 2 heterocycles. The monoisotopic (exact) mass is 397 g/mol. The lowest BCUT2D eigenvalue weighted by atomic mass is 10.0. The summed E-state index contributed by atoms with van der Waals surface area (Å²) >= 11 is 0. The van der Waals surface area contributed by atoms with Gasteiger partial charge >= 0.3 is 5.97 Å². The van der Waals surface area contributed by atoms with Crippen LogP contribution in [0.1, 0.15) is 44.1 Å². The fraction of sp³-hybridized carbons (Fsp3) is 0.368. The van der Waals surface area contributed by atoms with Crippen molar-refractivity contribution < 1.29 is 24.0 Å². The van der Waals surface area contributed by atoms with Gasteiger partial charge in [0, 0.05) is 37.7 Å². The molecule has 10 heteroatoms. The van der Waals surface area contributed by atoms with Gasteiger partial charge in [-0.2, -0.15) is 0 Å². The number of ketones is 1. The van der Waals surface area contributed by atoms with Crippen molar-refractivity contribution in [3.8, 4) is 11.4 Å². The van der Waals surface area contributed by atoms with Gasteiger partial charge in [-0.15, -0.1) is 25.5 Å². The van der Waals surface area contributed by atoms with Crippen LogP contribution < -0.4 is 0 Å². The molecule has 0 radical (unpaired) electrons. The molecule has 1 aliphatic rings. The number of nitrogens with zero attached hydrogens (tertiary/aromatic N) is 5. The summed E-state index contributed by atoms with van der Waals surface area (Å²) < 4.78 is 0. The molecule has 0 aliphatic carbocycles. The van der Waals surface area contributed by atoms with Crippen molar-refractivity contribution in [2.24, 2.45) is 0 Å². The second-order valence-electron chi connectivity index (χ2n) is 6.50. The number of rotatable bonds is 9. The summed E-state index contributed by atoms with van der Waals surface area (Å²) in [5.41, 5.74) is 1.78. The van der Waals surface area contributed by atoms with E-state index in [0.29, 0.717) is 30.2 Å². The minimum Gasteiger partial charge on any atom is -0.330 e. The second kappa shape index (κ2) is 9.58. The second-order valence-corrected chi connectivity index (χ2v) is 6.50. The first-order valence-corrected chi connectivity index (χ1v) is 9.21. The third kappa shape index (κ3) is 5.71. The zero-order valence-corrected chi connectivity index (χ0v) is 15.6. The Morgan fingerprint density at radius 1 is 0.931 bits per heavy atom. The Morgan fingerprint density at radius 2 is 1.59 bits per heavy atom. The van der Waals surface area contributed by atoms with E-state index in [-0.39, 0.29) is 31.5 Å². The number of imide groups is 1. The molecule has 0 atom stereocenters. The minimum absolute atomic E-state index is 0.0231. The zero-order chi connectivity index (χ0) is 20.6. The number of carbonyl (C=O) groups is 4. The third-order valence-corrected chi connectivity index (χ3v) is 4.35. The van der Waals surface area contributed by atoms with E-state index in [0.717, 1.165) is 11.1 Å². The molecule has 1 aromatic heterocycles. The average molecular weight is 397 g/mol. The van der Waals surface area contributed by atoms with Crippen LogP contribution in [0, 0.1) is 0 Å². The lowest BCUT2D eigenvalue weighted by Gasteiger charge is -2.12. The molecule has 1 fully saturated rings. The van der Waals surface area contributed by atoms with Crippen molar-refractivity contribution in [2.75, 3.05) is 0 Å². The molecule has 1 saturated heterocycles. The highest BCUT2D eigenvalue weighted by molar-refractivity contribution is 6.01. The van der Waals surface area contributed by atoms with Crippen LogP contribution in [0.25, 0.3) is 11.4 Å². The van der Waals surface area contributed by atoms with E-state index < -0.39 is 17.8 Å². The number of amides is 2. The summed E-state index contributed by atoms with van der Waals surface area (Å²) in [4.78, 5) is 51.3. The Balaban J connectivity index is 1.36. The Bertz CT molecular complexity index is 885. The van der Waals surface area contributed by atoms with Crippen LogP contribution in [0.4, 0.5) is 0 Å². The molecular formula is C19H19N5O5.